The first-order valence-corrected chi connectivity index (χ1v) is 6.42. The molecule has 5 nitrogen and oxygen atoms in total. The third-order valence-corrected chi connectivity index (χ3v) is 3.40. The second kappa shape index (κ2) is 5.01. The molecule has 0 radical (unpaired) electrons. The molecule has 6 heteroatoms. The van der Waals surface area contributed by atoms with E-state index in [1.165, 1.54) is 6.33 Å². The first-order chi connectivity index (χ1) is 9.29. The second-order valence-corrected chi connectivity index (χ2v) is 4.82. The van der Waals surface area contributed by atoms with E-state index in [0.29, 0.717) is 30.3 Å². The van der Waals surface area contributed by atoms with Crippen LogP contribution in [0.1, 0.15) is 29.0 Å². The monoisotopic (exact) mass is 277 g/mol. The fourth-order valence-electron chi connectivity index (χ4n) is 2.03. The number of hydrogen-bond donors (Lipinski definition) is 0. The van der Waals surface area contributed by atoms with Gasteiger partial charge in [0.25, 0.3) is 0 Å². The average molecular weight is 278 g/mol. The largest absolute Gasteiger partial charge is 0.467 e. The Morgan fingerprint density at radius 3 is 2.95 bits per heavy atom. The van der Waals surface area contributed by atoms with Crippen LogP contribution in [-0.2, 0) is 6.54 Å². The van der Waals surface area contributed by atoms with Crippen molar-refractivity contribution in [2.24, 2.45) is 0 Å². The zero-order valence-corrected chi connectivity index (χ0v) is 10.9. The van der Waals surface area contributed by atoms with Crippen LogP contribution in [0, 0.1) is 0 Å². The maximum atomic E-state index is 11.2. The molecule has 2 heterocycles. The van der Waals surface area contributed by atoms with Crippen LogP contribution in [0.4, 0.5) is 5.82 Å². The third kappa shape index (κ3) is 2.46. The van der Waals surface area contributed by atoms with Gasteiger partial charge in [-0.25, -0.2) is 9.97 Å². The van der Waals surface area contributed by atoms with Gasteiger partial charge in [-0.15, -0.1) is 0 Å². The summed E-state index contributed by atoms with van der Waals surface area (Å²) in [6.07, 6.45) is 5.88. The van der Waals surface area contributed by atoms with Gasteiger partial charge in [0.2, 0.25) is 0 Å². The van der Waals surface area contributed by atoms with Crippen molar-refractivity contribution in [2.45, 2.75) is 25.4 Å². The Labute approximate surface area is 115 Å². The molecule has 3 rings (SSSR count). The predicted octanol–water partition coefficient (Wildman–Crippen LogP) is 2.70. The maximum absolute atomic E-state index is 11.2. The first kappa shape index (κ1) is 12.2. The van der Waals surface area contributed by atoms with Gasteiger partial charge in [-0.2, -0.15) is 0 Å². The summed E-state index contributed by atoms with van der Waals surface area (Å²) < 4.78 is 5.36. The Morgan fingerprint density at radius 1 is 1.47 bits per heavy atom. The van der Waals surface area contributed by atoms with Crippen LogP contribution < -0.4 is 4.90 Å². The van der Waals surface area contributed by atoms with E-state index in [-0.39, 0.29) is 5.15 Å². The molecule has 2 aromatic rings. The summed E-state index contributed by atoms with van der Waals surface area (Å²) in [5.41, 5.74) is 0.336. The molecule has 0 N–H and O–H groups in total. The quantitative estimate of drug-likeness (QED) is 0.621. The van der Waals surface area contributed by atoms with Gasteiger partial charge in [0.1, 0.15) is 23.1 Å². The van der Waals surface area contributed by atoms with Crippen molar-refractivity contribution in [2.75, 3.05) is 4.90 Å². The van der Waals surface area contributed by atoms with Gasteiger partial charge in [0.15, 0.2) is 6.29 Å². The summed E-state index contributed by atoms with van der Waals surface area (Å²) in [4.78, 5) is 21.3. The van der Waals surface area contributed by atoms with Gasteiger partial charge in [0.05, 0.1) is 18.4 Å². The molecule has 1 aliphatic carbocycles. The van der Waals surface area contributed by atoms with Crippen LogP contribution in [0.2, 0.25) is 5.15 Å². The summed E-state index contributed by atoms with van der Waals surface area (Å²) in [6.45, 7) is 0.575. The zero-order chi connectivity index (χ0) is 13.2. The van der Waals surface area contributed by atoms with Crippen molar-refractivity contribution >= 4 is 23.7 Å². The number of carbonyl (C=O) groups excluding carboxylic acids is 1. The van der Waals surface area contributed by atoms with Crippen molar-refractivity contribution in [3.05, 3.63) is 41.2 Å². The van der Waals surface area contributed by atoms with Crippen LogP contribution >= 0.6 is 11.6 Å². The third-order valence-electron chi connectivity index (χ3n) is 3.10. The lowest BCUT2D eigenvalue weighted by atomic mass is 10.3. The van der Waals surface area contributed by atoms with Crippen LogP contribution in [0.25, 0.3) is 0 Å². The SMILES string of the molecule is O=Cc1c(Cl)ncnc1N(Cc1ccco1)C1CC1. The number of carbonyl (C=O) groups is 1. The molecular formula is C13H12ClN3O2. The minimum absolute atomic E-state index is 0.185. The predicted molar refractivity (Wildman–Crippen MR) is 70.3 cm³/mol. The highest BCUT2D eigenvalue weighted by Crippen LogP contribution is 2.34. The van der Waals surface area contributed by atoms with Crippen molar-refractivity contribution < 1.29 is 9.21 Å². The number of aromatic nitrogens is 2. The fourth-order valence-corrected chi connectivity index (χ4v) is 2.20. The molecule has 0 saturated heterocycles. The second-order valence-electron chi connectivity index (χ2n) is 4.46. The van der Waals surface area contributed by atoms with Gasteiger partial charge >= 0.3 is 0 Å². The summed E-state index contributed by atoms with van der Waals surface area (Å²) in [6, 6.07) is 4.13. The van der Waals surface area contributed by atoms with E-state index >= 15 is 0 Å². The average Bonchev–Trinajstić information content (AvgIpc) is 3.13. The number of aldehydes is 1. The van der Waals surface area contributed by atoms with E-state index in [1.807, 2.05) is 12.1 Å². The summed E-state index contributed by atoms with van der Waals surface area (Å²) >= 11 is 5.95. The molecule has 0 aliphatic heterocycles. The zero-order valence-electron chi connectivity index (χ0n) is 10.1. The topological polar surface area (TPSA) is 59.2 Å². The number of anilines is 1. The van der Waals surface area contributed by atoms with Crippen LogP contribution in [0.3, 0.4) is 0 Å². The lowest BCUT2D eigenvalue weighted by Gasteiger charge is -2.23. The van der Waals surface area contributed by atoms with Gasteiger partial charge in [-0.1, -0.05) is 11.6 Å². The molecule has 0 aromatic carbocycles. The van der Waals surface area contributed by atoms with Crippen LogP contribution in [0.15, 0.2) is 29.1 Å². The smallest absolute Gasteiger partial charge is 0.156 e. The van der Waals surface area contributed by atoms with Crippen molar-refractivity contribution in [1.29, 1.82) is 0 Å². The van der Waals surface area contributed by atoms with Gasteiger partial charge in [-0.05, 0) is 25.0 Å². The number of hydrogen-bond acceptors (Lipinski definition) is 5. The molecule has 0 bridgehead atoms. The molecule has 0 spiro atoms. The summed E-state index contributed by atoms with van der Waals surface area (Å²) in [5.74, 6) is 1.41. The Balaban J connectivity index is 1.96. The number of nitrogens with zero attached hydrogens (tertiary/aromatic N) is 3. The van der Waals surface area contributed by atoms with Crippen molar-refractivity contribution in [1.82, 2.24) is 9.97 Å². The highest BCUT2D eigenvalue weighted by Gasteiger charge is 2.32. The lowest BCUT2D eigenvalue weighted by Crippen LogP contribution is -2.27. The molecule has 1 fully saturated rings. The number of furan rings is 1. The molecule has 19 heavy (non-hydrogen) atoms. The van der Waals surface area contributed by atoms with E-state index in [1.54, 1.807) is 6.26 Å². The highest BCUT2D eigenvalue weighted by atomic mass is 35.5. The van der Waals surface area contributed by atoms with Crippen molar-refractivity contribution in [3.8, 4) is 0 Å². The molecule has 1 aliphatic rings. The van der Waals surface area contributed by atoms with E-state index in [4.69, 9.17) is 16.0 Å². The molecule has 0 atom stereocenters. The van der Waals surface area contributed by atoms with E-state index in [0.717, 1.165) is 18.6 Å². The molecule has 1 saturated carbocycles. The molecule has 0 amide bonds. The van der Waals surface area contributed by atoms with Gasteiger partial charge < -0.3 is 9.32 Å². The minimum Gasteiger partial charge on any atom is -0.467 e. The van der Waals surface area contributed by atoms with Gasteiger partial charge in [0, 0.05) is 6.04 Å². The normalized spacial score (nSPS) is 14.4. The number of halogens is 1. The Kier molecular flexibility index (Phi) is 3.21. The molecule has 98 valence electrons. The minimum atomic E-state index is 0.185. The lowest BCUT2D eigenvalue weighted by molar-refractivity contribution is 0.112. The Hall–Kier alpha value is -1.88. The van der Waals surface area contributed by atoms with Gasteiger partial charge in [-0.3, -0.25) is 4.79 Å². The standard InChI is InChI=1S/C13H12ClN3O2/c14-12-11(7-18)13(16-8-15-12)17(9-3-4-9)6-10-2-1-5-19-10/h1-2,5,7-9H,3-4,6H2. The Bertz CT molecular complexity index is 582. The molecule has 2 aromatic heterocycles. The molecular weight excluding hydrogens is 266 g/mol. The van der Waals surface area contributed by atoms with Crippen LogP contribution in [-0.4, -0.2) is 22.3 Å². The van der Waals surface area contributed by atoms with E-state index in [2.05, 4.69) is 14.9 Å². The Morgan fingerprint density at radius 2 is 2.32 bits per heavy atom. The number of rotatable bonds is 5. The molecule has 0 unspecified atom stereocenters. The van der Waals surface area contributed by atoms with E-state index in [9.17, 15) is 4.79 Å². The van der Waals surface area contributed by atoms with E-state index < -0.39 is 0 Å². The highest BCUT2D eigenvalue weighted by molar-refractivity contribution is 6.32. The first-order valence-electron chi connectivity index (χ1n) is 6.04. The van der Waals surface area contributed by atoms with Crippen molar-refractivity contribution in [3.63, 3.8) is 0 Å². The fraction of sp³-hybridized carbons (Fsp3) is 0.308. The maximum Gasteiger partial charge on any atom is 0.156 e. The summed E-state index contributed by atoms with van der Waals surface area (Å²) in [7, 11) is 0. The summed E-state index contributed by atoms with van der Waals surface area (Å²) in [5, 5.41) is 0.185. The van der Waals surface area contributed by atoms with Crippen LogP contribution in [0.5, 0.6) is 0 Å².